The van der Waals surface area contributed by atoms with Crippen LogP contribution in [0.3, 0.4) is 0 Å². The van der Waals surface area contributed by atoms with Gasteiger partial charge in [0.1, 0.15) is 11.8 Å². The lowest BCUT2D eigenvalue weighted by Crippen LogP contribution is -2.33. The van der Waals surface area contributed by atoms with Gasteiger partial charge in [0.2, 0.25) is 0 Å². The number of rotatable bonds is 6. The van der Waals surface area contributed by atoms with Crippen LogP contribution < -0.4 is 9.61 Å². The van der Waals surface area contributed by atoms with E-state index in [4.69, 9.17) is 20.5 Å². The minimum atomic E-state index is -3.63. The lowest BCUT2D eigenvalue weighted by atomic mass is 10.3. The molecule has 1 aromatic carbocycles. The van der Waals surface area contributed by atoms with Gasteiger partial charge in [-0.1, -0.05) is 18.2 Å². The van der Waals surface area contributed by atoms with Crippen LogP contribution in [-0.4, -0.2) is 18.6 Å². The summed E-state index contributed by atoms with van der Waals surface area (Å²) in [6, 6.07) is 7.66. The summed E-state index contributed by atoms with van der Waals surface area (Å²) >= 11 is 5.72. The molecule has 0 aromatic heterocycles. The zero-order chi connectivity index (χ0) is 13.6. The quantitative estimate of drug-likeness (QED) is 0.645. The normalized spacial score (nSPS) is 15.5. The first-order valence-corrected chi connectivity index (χ1v) is 7.96. The summed E-state index contributed by atoms with van der Waals surface area (Å²) in [5, 5.41) is 2.41. The molecule has 0 bridgehead atoms. The van der Waals surface area contributed by atoms with E-state index in [0.29, 0.717) is 5.75 Å². The predicted octanol–water partition coefficient (Wildman–Crippen LogP) is 2.95. The van der Waals surface area contributed by atoms with Gasteiger partial charge < -0.3 is 9.26 Å². The fourth-order valence-electron chi connectivity index (χ4n) is 1.19. The molecule has 0 aliphatic rings. The van der Waals surface area contributed by atoms with Crippen LogP contribution >= 0.6 is 18.1 Å². The number of benzene rings is 1. The third-order valence-electron chi connectivity index (χ3n) is 1.95. The van der Waals surface area contributed by atoms with Gasteiger partial charge in [0.05, 0.1) is 6.61 Å². The van der Waals surface area contributed by atoms with E-state index in [2.05, 4.69) is 5.09 Å². The summed E-state index contributed by atoms with van der Waals surface area (Å²) in [4.78, 5) is 11.4. The minimum absolute atomic E-state index is 0.247. The van der Waals surface area contributed by atoms with E-state index in [9.17, 15) is 9.36 Å². The summed E-state index contributed by atoms with van der Waals surface area (Å²) in [6.45, 7) is -0.192. The molecular formula is C11H15ClNO4P. The smallest absolute Gasteiger partial charge is 0.409 e. The maximum atomic E-state index is 11.9. The zero-order valence-corrected chi connectivity index (χ0v) is 11.8. The Bertz CT molecular complexity index is 440. The number of nitrogens with one attached hydrogen (secondary N) is 1. The lowest BCUT2D eigenvalue weighted by Gasteiger charge is -2.17. The van der Waals surface area contributed by atoms with E-state index in [1.807, 2.05) is 0 Å². The van der Waals surface area contributed by atoms with Crippen molar-refractivity contribution >= 4 is 24.1 Å². The molecule has 0 heterocycles. The first-order chi connectivity index (χ1) is 8.44. The molecule has 18 heavy (non-hydrogen) atoms. The SMILES string of the molecule is CCOC(=O)[C@H](C)N[P@@](=O)(Cl)Oc1ccccc1. The number of para-hydroxylation sites is 1. The van der Waals surface area contributed by atoms with Crippen molar-refractivity contribution in [3.05, 3.63) is 30.3 Å². The van der Waals surface area contributed by atoms with Crippen LogP contribution in [-0.2, 0) is 14.1 Å². The van der Waals surface area contributed by atoms with E-state index >= 15 is 0 Å². The molecule has 0 aliphatic heterocycles. The molecule has 0 amide bonds. The first kappa shape index (κ1) is 15.0. The molecule has 1 aromatic rings. The number of ether oxygens (including phenoxy) is 1. The van der Waals surface area contributed by atoms with Gasteiger partial charge in [-0.15, -0.1) is 0 Å². The van der Waals surface area contributed by atoms with Crippen LogP contribution in [0.1, 0.15) is 13.8 Å². The monoisotopic (exact) mass is 291 g/mol. The lowest BCUT2D eigenvalue weighted by molar-refractivity contribution is -0.144. The largest absolute Gasteiger partial charge is 0.465 e. The highest BCUT2D eigenvalue weighted by Gasteiger charge is 2.27. The molecule has 7 heteroatoms. The van der Waals surface area contributed by atoms with Gasteiger partial charge in [0.15, 0.2) is 0 Å². The highest BCUT2D eigenvalue weighted by atomic mass is 35.7. The van der Waals surface area contributed by atoms with Gasteiger partial charge in [-0.2, -0.15) is 0 Å². The van der Waals surface area contributed by atoms with Crippen molar-refractivity contribution < 1.29 is 18.6 Å². The van der Waals surface area contributed by atoms with Gasteiger partial charge in [-0.3, -0.25) is 4.79 Å². The number of carbonyl (C=O) groups is 1. The molecular weight excluding hydrogens is 277 g/mol. The molecule has 0 saturated heterocycles. The molecule has 0 unspecified atom stereocenters. The molecule has 0 radical (unpaired) electrons. The predicted molar refractivity (Wildman–Crippen MR) is 69.8 cm³/mol. The van der Waals surface area contributed by atoms with Gasteiger partial charge in [-0.05, 0) is 26.0 Å². The van der Waals surface area contributed by atoms with Crippen molar-refractivity contribution in [1.29, 1.82) is 0 Å². The standard InChI is InChI=1S/C11H15ClNO4P/c1-3-16-11(14)9(2)13-18(12,15)17-10-7-5-4-6-8-10/h4-9H,3H2,1-2H3,(H,13,15)/t9-,18+/m0/s1. The fourth-order valence-corrected chi connectivity index (χ4v) is 2.89. The van der Waals surface area contributed by atoms with E-state index in [-0.39, 0.29) is 6.61 Å². The topological polar surface area (TPSA) is 64.6 Å². The van der Waals surface area contributed by atoms with E-state index < -0.39 is 18.9 Å². The van der Waals surface area contributed by atoms with Crippen LogP contribution in [0.15, 0.2) is 30.3 Å². The maximum Gasteiger partial charge on any atom is 0.409 e. The Kier molecular flexibility index (Phi) is 5.66. The second-order valence-electron chi connectivity index (χ2n) is 3.49. The van der Waals surface area contributed by atoms with Crippen molar-refractivity contribution in [1.82, 2.24) is 5.09 Å². The number of carbonyl (C=O) groups excluding carboxylic acids is 1. The molecule has 0 fully saturated rings. The van der Waals surface area contributed by atoms with Crippen molar-refractivity contribution in [3.8, 4) is 5.75 Å². The first-order valence-electron chi connectivity index (χ1n) is 5.43. The Balaban J connectivity index is 2.59. The summed E-state index contributed by atoms with van der Waals surface area (Å²) in [5.74, 6) is -0.172. The van der Waals surface area contributed by atoms with Crippen LogP contribution in [0.25, 0.3) is 0 Å². The second kappa shape index (κ2) is 6.78. The van der Waals surface area contributed by atoms with E-state index in [0.717, 1.165) is 0 Å². The highest BCUT2D eigenvalue weighted by molar-refractivity contribution is 7.84. The van der Waals surface area contributed by atoms with Gasteiger partial charge >= 0.3 is 12.8 Å². The van der Waals surface area contributed by atoms with Crippen LogP contribution in [0.5, 0.6) is 5.75 Å². The number of halogens is 1. The third-order valence-corrected chi connectivity index (χ3v) is 3.60. The Hall–Kier alpha value is -1.03. The van der Waals surface area contributed by atoms with Gasteiger partial charge in [0.25, 0.3) is 0 Å². The summed E-state index contributed by atoms with van der Waals surface area (Å²) in [6.07, 6.45) is 0. The van der Waals surface area contributed by atoms with Gasteiger partial charge in [0, 0.05) is 11.2 Å². The molecule has 0 aliphatic carbocycles. The number of hydrogen-bond acceptors (Lipinski definition) is 4. The average Bonchev–Trinajstić information content (AvgIpc) is 2.29. The van der Waals surface area contributed by atoms with Crippen molar-refractivity contribution in [2.45, 2.75) is 19.9 Å². The Morgan fingerprint density at radius 3 is 2.61 bits per heavy atom. The Morgan fingerprint density at radius 1 is 1.44 bits per heavy atom. The zero-order valence-electron chi connectivity index (χ0n) is 10.1. The van der Waals surface area contributed by atoms with Crippen LogP contribution in [0.2, 0.25) is 0 Å². The van der Waals surface area contributed by atoms with Crippen molar-refractivity contribution in [2.75, 3.05) is 6.61 Å². The van der Waals surface area contributed by atoms with Crippen LogP contribution in [0.4, 0.5) is 0 Å². The third kappa shape index (κ3) is 5.08. The van der Waals surface area contributed by atoms with Gasteiger partial charge in [-0.25, -0.2) is 9.65 Å². The van der Waals surface area contributed by atoms with E-state index in [1.165, 1.54) is 6.92 Å². The summed E-state index contributed by atoms with van der Waals surface area (Å²) in [5.41, 5.74) is 0. The Labute approximate surface area is 111 Å². The Morgan fingerprint density at radius 2 is 2.06 bits per heavy atom. The summed E-state index contributed by atoms with van der Waals surface area (Å²) < 4.78 is 21.8. The molecule has 1 rings (SSSR count). The molecule has 5 nitrogen and oxygen atoms in total. The molecule has 1 N–H and O–H groups in total. The minimum Gasteiger partial charge on any atom is -0.465 e. The maximum absolute atomic E-state index is 11.9. The van der Waals surface area contributed by atoms with Crippen LogP contribution in [0, 0.1) is 0 Å². The van der Waals surface area contributed by atoms with E-state index in [1.54, 1.807) is 37.3 Å². The number of hydrogen-bond donors (Lipinski definition) is 1. The second-order valence-corrected chi connectivity index (χ2v) is 6.22. The summed E-state index contributed by atoms with van der Waals surface area (Å²) in [7, 11) is 0. The molecule has 0 saturated carbocycles. The van der Waals surface area contributed by atoms with Crippen molar-refractivity contribution in [3.63, 3.8) is 0 Å². The highest BCUT2D eigenvalue weighted by Crippen LogP contribution is 2.48. The number of esters is 1. The van der Waals surface area contributed by atoms with Crippen molar-refractivity contribution in [2.24, 2.45) is 0 Å². The molecule has 2 atom stereocenters. The fraction of sp³-hybridized carbons (Fsp3) is 0.364. The molecule has 0 spiro atoms. The average molecular weight is 292 g/mol. The molecule has 100 valence electrons.